The summed E-state index contributed by atoms with van der Waals surface area (Å²) in [6, 6.07) is 0. The van der Waals surface area contributed by atoms with Gasteiger partial charge in [0.25, 0.3) is 0 Å². The summed E-state index contributed by atoms with van der Waals surface area (Å²) in [5.74, 6) is 12.2. The Morgan fingerprint density at radius 1 is 0.810 bits per heavy atom. The Bertz CT molecular complexity index is 362. The zero-order valence-electron chi connectivity index (χ0n) is 13.8. The van der Waals surface area contributed by atoms with E-state index < -0.39 is 0 Å². The van der Waals surface area contributed by atoms with E-state index in [1.165, 1.54) is 52.1 Å². The lowest BCUT2D eigenvalue weighted by Crippen LogP contribution is -1.98. The Labute approximate surface area is 131 Å². The summed E-state index contributed by atoms with van der Waals surface area (Å²) in [5.41, 5.74) is 0. The Balaban J connectivity index is 3.32. The third kappa shape index (κ3) is 16.5. The van der Waals surface area contributed by atoms with Crippen molar-refractivity contribution in [2.24, 2.45) is 0 Å². The fourth-order valence-corrected chi connectivity index (χ4v) is 1.94. The van der Waals surface area contributed by atoms with Crippen LogP contribution in [0.2, 0.25) is 0 Å². The van der Waals surface area contributed by atoms with E-state index in [1.54, 1.807) is 0 Å². The number of hydrogen-bond acceptors (Lipinski definition) is 2. The van der Waals surface area contributed by atoms with E-state index in [0.717, 1.165) is 19.3 Å². The van der Waals surface area contributed by atoms with Gasteiger partial charge in [-0.2, -0.15) is 0 Å². The molecule has 0 N–H and O–H groups in total. The molecule has 0 atom stereocenters. The van der Waals surface area contributed by atoms with Crippen LogP contribution in [0.3, 0.4) is 0 Å². The van der Waals surface area contributed by atoms with Crippen LogP contribution in [0.25, 0.3) is 0 Å². The first-order valence-electron chi connectivity index (χ1n) is 8.29. The lowest BCUT2D eigenvalue weighted by Gasteiger charge is -1.97. The van der Waals surface area contributed by atoms with Gasteiger partial charge in [-0.3, -0.25) is 4.79 Å². The van der Waals surface area contributed by atoms with E-state index in [0.29, 0.717) is 12.8 Å². The number of rotatable bonds is 10. The molecular weight excluding hydrogens is 260 g/mol. The predicted octanol–water partition coefficient (Wildman–Crippen LogP) is 4.87. The van der Waals surface area contributed by atoms with Gasteiger partial charge in [0.05, 0.1) is 13.5 Å². The molecule has 0 heterocycles. The first-order chi connectivity index (χ1) is 10.3. The van der Waals surface area contributed by atoms with Crippen molar-refractivity contribution in [1.82, 2.24) is 0 Å². The highest BCUT2D eigenvalue weighted by atomic mass is 16.5. The molecule has 0 aromatic rings. The maximum atomic E-state index is 10.9. The van der Waals surface area contributed by atoms with Crippen molar-refractivity contribution in [3.05, 3.63) is 0 Å². The summed E-state index contributed by atoms with van der Waals surface area (Å²) in [6.45, 7) is 2.25. The van der Waals surface area contributed by atoms with E-state index in [2.05, 4.69) is 35.3 Å². The fraction of sp³-hybridized carbons (Fsp3) is 0.737. The van der Waals surface area contributed by atoms with Crippen LogP contribution in [-0.2, 0) is 9.53 Å². The number of esters is 1. The molecule has 0 aromatic heterocycles. The summed E-state index contributed by atoms with van der Waals surface area (Å²) in [4.78, 5) is 10.9. The van der Waals surface area contributed by atoms with Gasteiger partial charge in [0.2, 0.25) is 0 Å². The number of carbonyl (C=O) groups excluding carboxylic acids is 1. The first kappa shape index (κ1) is 19.6. The maximum Gasteiger partial charge on any atom is 0.305 e. The van der Waals surface area contributed by atoms with E-state index in [9.17, 15) is 4.79 Å². The van der Waals surface area contributed by atoms with Gasteiger partial charge < -0.3 is 4.74 Å². The highest BCUT2D eigenvalue weighted by molar-refractivity contribution is 5.69. The number of carbonyl (C=O) groups is 1. The van der Waals surface area contributed by atoms with Gasteiger partial charge in [-0.15, -0.1) is 11.8 Å². The second-order valence-corrected chi connectivity index (χ2v) is 5.18. The predicted molar refractivity (Wildman–Crippen MR) is 88.6 cm³/mol. The van der Waals surface area contributed by atoms with Gasteiger partial charge in [0.15, 0.2) is 0 Å². The van der Waals surface area contributed by atoms with Crippen molar-refractivity contribution >= 4 is 5.97 Å². The molecule has 0 aliphatic heterocycles. The van der Waals surface area contributed by atoms with E-state index in [1.807, 2.05) is 0 Å². The minimum absolute atomic E-state index is 0.161. The second kappa shape index (κ2) is 16.6. The lowest BCUT2D eigenvalue weighted by molar-refractivity contribution is -0.140. The molecule has 0 unspecified atom stereocenters. The molecule has 21 heavy (non-hydrogen) atoms. The number of unbranched alkanes of at least 4 members (excludes halogenated alkanes) is 8. The number of ether oxygens (including phenoxy) is 1. The molecule has 0 bridgehead atoms. The Kier molecular flexibility index (Phi) is 15.5. The van der Waals surface area contributed by atoms with Crippen LogP contribution in [0, 0.1) is 23.7 Å². The molecule has 2 nitrogen and oxygen atoms in total. The van der Waals surface area contributed by atoms with Gasteiger partial charge in [0.1, 0.15) is 0 Å². The minimum atomic E-state index is -0.161. The Hall–Kier alpha value is -1.41. The van der Waals surface area contributed by atoms with Crippen LogP contribution in [0.1, 0.15) is 84.0 Å². The average Bonchev–Trinajstić information content (AvgIpc) is 2.50. The molecule has 0 rings (SSSR count). The SMILES string of the molecule is CCCCCCCCCC#CCC#CCCCC(=O)OC. The molecule has 118 valence electrons. The standard InChI is InChI=1S/C19H30O2/c1-3-4-5-6-7-8-9-10-11-12-13-14-15-16-17-18-19(20)21-2/h3-10,13,16-18H2,1-2H3. The molecule has 0 aliphatic rings. The molecule has 0 aliphatic carbocycles. The van der Waals surface area contributed by atoms with Crippen molar-refractivity contribution in [3.63, 3.8) is 0 Å². The Morgan fingerprint density at radius 2 is 1.38 bits per heavy atom. The normalized spacial score (nSPS) is 9.24. The Morgan fingerprint density at radius 3 is 2.00 bits per heavy atom. The van der Waals surface area contributed by atoms with Crippen molar-refractivity contribution < 1.29 is 9.53 Å². The highest BCUT2D eigenvalue weighted by Gasteiger charge is 1.96. The highest BCUT2D eigenvalue weighted by Crippen LogP contribution is 2.07. The van der Waals surface area contributed by atoms with Crippen LogP contribution in [0.5, 0.6) is 0 Å². The summed E-state index contributed by atoms with van der Waals surface area (Å²) in [5, 5.41) is 0. The smallest absolute Gasteiger partial charge is 0.305 e. The summed E-state index contributed by atoms with van der Waals surface area (Å²) < 4.78 is 4.56. The van der Waals surface area contributed by atoms with Crippen LogP contribution in [0.4, 0.5) is 0 Å². The van der Waals surface area contributed by atoms with E-state index in [-0.39, 0.29) is 5.97 Å². The average molecular weight is 290 g/mol. The summed E-state index contributed by atoms with van der Waals surface area (Å²) in [6.07, 6.45) is 12.9. The van der Waals surface area contributed by atoms with Crippen LogP contribution >= 0.6 is 0 Å². The molecular formula is C19H30O2. The minimum Gasteiger partial charge on any atom is -0.469 e. The quantitative estimate of drug-likeness (QED) is 0.326. The van der Waals surface area contributed by atoms with Crippen LogP contribution < -0.4 is 0 Å². The third-order valence-electron chi connectivity index (χ3n) is 3.24. The van der Waals surface area contributed by atoms with Crippen molar-refractivity contribution in [3.8, 4) is 23.7 Å². The molecule has 0 aromatic carbocycles. The monoisotopic (exact) mass is 290 g/mol. The van der Waals surface area contributed by atoms with Gasteiger partial charge in [0, 0.05) is 19.3 Å². The zero-order chi connectivity index (χ0) is 15.6. The largest absolute Gasteiger partial charge is 0.469 e. The van der Waals surface area contributed by atoms with E-state index >= 15 is 0 Å². The molecule has 0 amide bonds. The molecule has 0 fully saturated rings. The number of methoxy groups -OCH3 is 1. The fourth-order valence-electron chi connectivity index (χ4n) is 1.94. The van der Waals surface area contributed by atoms with Crippen LogP contribution in [0.15, 0.2) is 0 Å². The number of hydrogen-bond donors (Lipinski definition) is 0. The van der Waals surface area contributed by atoms with E-state index in [4.69, 9.17) is 0 Å². The molecule has 0 saturated heterocycles. The summed E-state index contributed by atoms with van der Waals surface area (Å²) >= 11 is 0. The molecule has 0 saturated carbocycles. The molecule has 2 heteroatoms. The van der Waals surface area contributed by atoms with Gasteiger partial charge in [-0.1, -0.05) is 57.3 Å². The van der Waals surface area contributed by atoms with Gasteiger partial charge >= 0.3 is 5.97 Å². The first-order valence-corrected chi connectivity index (χ1v) is 8.29. The maximum absolute atomic E-state index is 10.9. The van der Waals surface area contributed by atoms with Gasteiger partial charge in [-0.25, -0.2) is 0 Å². The lowest BCUT2D eigenvalue weighted by atomic mass is 10.1. The summed E-state index contributed by atoms with van der Waals surface area (Å²) in [7, 11) is 1.41. The molecule has 0 spiro atoms. The van der Waals surface area contributed by atoms with Gasteiger partial charge in [-0.05, 0) is 12.8 Å². The third-order valence-corrected chi connectivity index (χ3v) is 3.24. The second-order valence-electron chi connectivity index (χ2n) is 5.18. The van der Waals surface area contributed by atoms with Crippen molar-refractivity contribution in [2.45, 2.75) is 84.0 Å². The topological polar surface area (TPSA) is 26.3 Å². The zero-order valence-corrected chi connectivity index (χ0v) is 13.8. The van der Waals surface area contributed by atoms with Crippen LogP contribution in [-0.4, -0.2) is 13.1 Å². The molecule has 0 radical (unpaired) electrons. The van der Waals surface area contributed by atoms with Crippen molar-refractivity contribution in [2.75, 3.05) is 7.11 Å². The van der Waals surface area contributed by atoms with Crippen molar-refractivity contribution in [1.29, 1.82) is 0 Å².